The highest BCUT2D eigenvalue weighted by atomic mass is 16.5. The molecule has 2 aromatic heterocycles. The number of nitrogens with zero attached hydrogens (tertiary/aromatic N) is 5. The lowest BCUT2D eigenvalue weighted by molar-refractivity contribution is 0.356. The fourth-order valence-electron chi connectivity index (χ4n) is 2.47. The van der Waals surface area contributed by atoms with Crippen molar-refractivity contribution in [2.24, 2.45) is 0 Å². The van der Waals surface area contributed by atoms with E-state index >= 15 is 0 Å². The van der Waals surface area contributed by atoms with Crippen molar-refractivity contribution in [1.29, 1.82) is 0 Å². The Bertz CT molecular complexity index is 848. The number of anilines is 1. The summed E-state index contributed by atoms with van der Waals surface area (Å²) in [5, 5.41) is 4.26. The molecular formula is C17H22N6O2. The maximum atomic E-state index is 5.41. The molecule has 132 valence electrons. The summed E-state index contributed by atoms with van der Waals surface area (Å²) in [4.78, 5) is 15.5. The van der Waals surface area contributed by atoms with E-state index in [1.807, 2.05) is 32.4 Å². The first-order chi connectivity index (χ1) is 12.1. The fourth-order valence-corrected chi connectivity index (χ4v) is 2.47. The Kier molecular flexibility index (Phi) is 4.99. The molecule has 1 aromatic carbocycles. The molecule has 0 aliphatic rings. The molecule has 0 amide bonds. The summed E-state index contributed by atoms with van der Waals surface area (Å²) in [5.41, 5.74) is 0.767. The average Bonchev–Trinajstić information content (AvgIpc) is 3.14. The van der Waals surface area contributed by atoms with Crippen molar-refractivity contribution >= 4 is 16.7 Å². The van der Waals surface area contributed by atoms with Gasteiger partial charge in [-0.2, -0.15) is 4.98 Å². The molecule has 3 aromatic rings. The monoisotopic (exact) mass is 342 g/mol. The van der Waals surface area contributed by atoms with Crippen LogP contribution in [0.4, 0.5) is 5.82 Å². The molecule has 0 unspecified atom stereocenters. The Morgan fingerprint density at radius 1 is 1.12 bits per heavy atom. The van der Waals surface area contributed by atoms with Crippen LogP contribution >= 0.6 is 0 Å². The van der Waals surface area contributed by atoms with Gasteiger partial charge in [-0.1, -0.05) is 0 Å². The molecule has 8 heteroatoms. The van der Waals surface area contributed by atoms with Crippen molar-refractivity contribution in [2.45, 2.75) is 0 Å². The highest BCUT2D eigenvalue weighted by Gasteiger charge is 2.14. The molecule has 0 saturated heterocycles. The highest BCUT2D eigenvalue weighted by Crippen LogP contribution is 2.34. The zero-order chi connectivity index (χ0) is 17.8. The molecule has 0 atom stereocenters. The minimum Gasteiger partial charge on any atom is -0.493 e. The van der Waals surface area contributed by atoms with Gasteiger partial charge in [0.1, 0.15) is 12.1 Å². The molecule has 25 heavy (non-hydrogen) atoms. The van der Waals surface area contributed by atoms with Crippen LogP contribution in [0, 0.1) is 0 Å². The minimum atomic E-state index is 0.546. The number of hydrogen-bond donors (Lipinski definition) is 1. The van der Waals surface area contributed by atoms with Gasteiger partial charge < -0.3 is 19.7 Å². The van der Waals surface area contributed by atoms with E-state index in [2.05, 4.69) is 25.2 Å². The van der Waals surface area contributed by atoms with Crippen LogP contribution in [0.1, 0.15) is 0 Å². The molecule has 0 bridgehead atoms. The Morgan fingerprint density at radius 3 is 2.52 bits per heavy atom. The number of fused-ring (bicyclic) bond motifs is 1. The Labute approximate surface area is 146 Å². The highest BCUT2D eigenvalue weighted by molar-refractivity contribution is 5.92. The number of ether oxygens (including phenoxy) is 2. The van der Waals surface area contributed by atoms with Crippen molar-refractivity contribution < 1.29 is 9.47 Å². The van der Waals surface area contributed by atoms with Crippen LogP contribution in [0.5, 0.6) is 11.5 Å². The molecule has 0 aliphatic carbocycles. The molecule has 0 radical (unpaired) electrons. The van der Waals surface area contributed by atoms with Crippen LogP contribution in [0.3, 0.4) is 0 Å². The van der Waals surface area contributed by atoms with Crippen LogP contribution in [-0.4, -0.2) is 65.8 Å². The average molecular weight is 342 g/mol. The lowest BCUT2D eigenvalue weighted by atomic mass is 10.2. The van der Waals surface area contributed by atoms with E-state index in [0.29, 0.717) is 17.4 Å². The number of hydrogen-bond acceptors (Lipinski definition) is 7. The fraction of sp³-hybridized carbons (Fsp3) is 0.353. The molecule has 3 rings (SSSR count). The zero-order valence-corrected chi connectivity index (χ0v) is 14.9. The predicted molar refractivity (Wildman–Crippen MR) is 96.8 cm³/mol. The number of methoxy groups -OCH3 is 2. The molecule has 0 aliphatic heterocycles. The van der Waals surface area contributed by atoms with Crippen molar-refractivity contribution in [3.05, 3.63) is 30.9 Å². The third-order valence-electron chi connectivity index (χ3n) is 3.78. The molecule has 1 N–H and O–H groups in total. The van der Waals surface area contributed by atoms with Gasteiger partial charge in [0.2, 0.25) is 5.95 Å². The van der Waals surface area contributed by atoms with Crippen LogP contribution in [0.25, 0.3) is 16.9 Å². The Hall–Kier alpha value is -2.87. The molecule has 2 heterocycles. The van der Waals surface area contributed by atoms with Gasteiger partial charge in [0, 0.05) is 36.9 Å². The van der Waals surface area contributed by atoms with Gasteiger partial charge in [0.15, 0.2) is 11.5 Å². The first kappa shape index (κ1) is 17.0. The SMILES string of the molecule is COc1cc2nc(-n3ccnc3)nc(NCCN(C)C)c2cc1OC. The number of imidazole rings is 1. The summed E-state index contributed by atoms with van der Waals surface area (Å²) in [6, 6.07) is 3.75. The molecular weight excluding hydrogens is 320 g/mol. The second-order valence-corrected chi connectivity index (χ2v) is 5.80. The second kappa shape index (κ2) is 7.35. The number of rotatable bonds is 7. The van der Waals surface area contributed by atoms with Crippen molar-refractivity contribution in [3.63, 3.8) is 0 Å². The van der Waals surface area contributed by atoms with Crippen molar-refractivity contribution in [3.8, 4) is 17.4 Å². The van der Waals surface area contributed by atoms with E-state index in [9.17, 15) is 0 Å². The summed E-state index contributed by atoms with van der Waals surface area (Å²) in [6.45, 7) is 1.65. The minimum absolute atomic E-state index is 0.546. The van der Waals surface area contributed by atoms with E-state index < -0.39 is 0 Å². The van der Waals surface area contributed by atoms with Gasteiger partial charge >= 0.3 is 0 Å². The van der Waals surface area contributed by atoms with Crippen molar-refractivity contribution in [1.82, 2.24) is 24.4 Å². The summed E-state index contributed by atoms with van der Waals surface area (Å²) < 4.78 is 12.6. The largest absolute Gasteiger partial charge is 0.493 e. The first-order valence-corrected chi connectivity index (χ1v) is 7.93. The lowest BCUT2D eigenvalue weighted by Gasteiger charge is -2.15. The third kappa shape index (κ3) is 3.63. The van der Waals surface area contributed by atoms with E-state index in [4.69, 9.17) is 9.47 Å². The number of benzene rings is 1. The van der Waals surface area contributed by atoms with Gasteiger partial charge in [-0.05, 0) is 20.2 Å². The molecule has 0 fully saturated rings. The summed E-state index contributed by atoms with van der Waals surface area (Å²) in [5.74, 6) is 2.57. The standard InChI is InChI=1S/C17H22N6O2/c1-22(2)7-6-19-16-12-9-14(24-3)15(25-4)10-13(12)20-17(21-16)23-8-5-18-11-23/h5,8-11H,6-7H2,1-4H3,(H,19,20,21). The van der Waals surface area contributed by atoms with Crippen LogP contribution in [0.2, 0.25) is 0 Å². The smallest absolute Gasteiger partial charge is 0.237 e. The van der Waals surface area contributed by atoms with Gasteiger partial charge in [-0.25, -0.2) is 9.97 Å². The predicted octanol–water partition coefficient (Wildman–Crippen LogP) is 1.81. The summed E-state index contributed by atoms with van der Waals surface area (Å²) >= 11 is 0. The Morgan fingerprint density at radius 2 is 1.88 bits per heavy atom. The Balaban J connectivity index is 2.11. The molecule has 8 nitrogen and oxygen atoms in total. The summed E-state index contributed by atoms with van der Waals surface area (Å²) in [7, 11) is 7.29. The van der Waals surface area contributed by atoms with Gasteiger partial charge in [-0.3, -0.25) is 4.57 Å². The summed E-state index contributed by atoms with van der Waals surface area (Å²) in [6.07, 6.45) is 5.18. The van der Waals surface area contributed by atoms with Crippen LogP contribution < -0.4 is 14.8 Å². The van der Waals surface area contributed by atoms with Crippen LogP contribution in [-0.2, 0) is 0 Å². The topological polar surface area (TPSA) is 77.3 Å². The lowest BCUT2D eigenvalue weighted by Crippen LogP contribution is -2.21. The maximum absolute atomic E-state index is 5.41. The maximum Gasteiger partial charge on any atom is 0.237 e. The molecule has 0 saturated carbocycles. The van der Waals surface area contributed by atoms with Gasteiger partial charge in [-0.15, -0.1) is 0 Å². The zero-order valence-electron chi connectivity index (χ0n) is 14.9. The van der Waals surface area contributed by atoms with Gasteiger partial charge in [0.25, 0.3) is 0 Å². The van der Waals surface area contributed by atoms with E-state index in [1.165, 1.54) is 0 Å². The number of aromatic nitrogens is 4. The third-order valence-corrected chi connectivity index (χ3v) is 3.78. The molecule has 0 spiro atoms. The quantitative estimate of drug-likeness (QED) is 0.701. The van der Waals surface area contributed by atoms with E-state index in [0.717, 1.165) is 29.8 Å². The van der Waals surface area contributed by atoms with E-state index in [-0.39, 0.29) is 0 Å². The van der Waals surface area contributed by atoms with Crippen molar-refractivity contribution in [2.75, 3.05) is 46.7 Å². The first-order valence-electron chi connectivity index (χ1n) is 7.93. The number of nitrogens with one attached hydrogen (secondary N) is 1. The van der Waals surface area contributed by atoms with Crippen LogP contribution in [0.15, 0.2) is 30.9 Å². The normalized spacial score (nSPS) is 11.1. The second-order valence-electron chi connectivity index (χ2n) is 5.80. The van der Waals surface area contributed by atoms with E-state index in [1.54, 1.807) is 31.3 Å². The van der Waals surface area contributed by atoms with Gasteiger partial charge in [0.05, 0.1) is 19.7 Å². The number of likely N-dealkylation sites (N-methyl/N-ethyl adjacent to an activating group) is 1.